The maximum absolute atomic E-state index is 12.8. The van der Waals surface area contributed by atoms with Crippen molar-refractivity contribution in [1.82, 2.24) is 8.61 Å². The molecule has 128 valence electrons. The van der Waals surface area contributed by atoms with Crippen LogP contribution in [0.25, 0.3) is 0 Å². The zero-order chi connectivity index (χ0) is 16.3. The molecule has 1 fully saturated rings. The van der Waals surface area contributed by atoms with Gasteiger partial charge in [0.15, 0.2) is 11.5 Å². The summed E-state index contributed by atoms with van der Waals surface area (Å²) in [6, 6.07) is 7.47. The van der Waals surface area contributed by atoms with Crippen molar-refractivity contribution in [2.75, 3.05) is 32.8 Å². The molecule has 0 saturated carbocycles. The minimum atomic E-state index is -3.42. The molecule has 6 nitrogen and oxygen atoms in total. The van der Waals surface area contributed by atoms with Crippen LogP contribution in [-0.2, 0) is 10.2 Å². The lowest BCUT2D eigenvalue weighted by atomic mass is 10.2. The summed E-state index contributed by atoms with van der Waals surface area (Å²) < 4.78 is 40.3. The third kappa shape index (κ3) is 3.62. The van der Waals surface area contributed by atoms with Crippen molar-refractivity contribution in [2.45, 2.75) is 32.3 Å². The van der Waals surface area contributed by atoms with E-state index >= 15 is 0 Å². The molecule has 0 bridgehead atoms. The maximum atomic E-state index is 12.8. The van der Waals surface area contributed by atoms with E-state index in [1.807, 2.05) is 31.2 Å². The van der Waals surface area contributed by atoms with Crippen LogP contribution >= 0.6 is 0 Å². The molecule has 0 radical (unpaired) electrons. The molecule has 1 aromatic rings. The number of piperidine rings is 1. The summed E-state index contributed by atoms with van der Waals surface area (Å²) in [7, 11) is -3.42. The average Bonchev–Trinajstić information content (AvgIpc) is 2.60. The molecule has 7 heteroatoms. The SMILES string of the molecule is CCN(C[C@H]1COc2ccccc2O1)S(=O)(=O)N1CCCCC1. The van der Waals surface area contributed by atoms with E-state index in [0.29, 0.717) is 44.3 Å². The molecule has 0 unspecified atom stereocenters. The van der Waals surface area contributed by atoms with Crippen LogP contribution in [0.15, 0.2) is 24.3 Å². The zero-order valence-corrected chi connectivity index (χ0v) is 14.3. The molecule has 2 aliphatic heterocycles. The van der Waals surface area contributed by atoms with Crippen molar-refractivity contribution in [3.63, 3.8) is 0 Å². The van der Waals surface area contributed by atoms with E-state index in [1.165, 1.54) is 4.31 Å². The lowest BCUT2D eigenvalue weighted by Gasteiger charge is -2.34. The number of fused-ring (bicyclic) bond motifs is 1. The topological polar surface area (TPSA) is 59.1 Å². The average molecular weight is 340 g/mol. The summed E-state index contributed by atoms with van der Waals surface area (Å²) >= 11 is 0. The molecule has 1 atom stereocenters. The standard InChI is InChI=1S/C16H24N2O4S/c1-2-17(23(19,20)18-10-6-3-7-11-18)12-14-13-21-15-8-4-5-9-16(15)22-14/h4-5,8-9,14H,2-3,6-7,10-13H2,1H3/t14-/m0/s1. The highest BCUT2D eigenvalue weighted by molar-refractivity contribution is 7.86. The Morgan fingerprint density at radius 2 is 1.87 bits per heavy atom. The Bertz CT molecular complexity index is 629. The predicted molar refractivity (Wildman–Crippen MR) is 87.9 cm³/mol. The normalized spacial score (nSPS) is 22.3. The number of rotatable bonds is 5. The van der Waals surface area contributed by atoms with Gasteiger partial charge in [-0.3, -0.25) is 0 Å². The third-order valence-electron chi connectivity index (χ3n) is 4.30. The van der Waals surface area contributed by atoms with Gasteiger partial charge in [0.05, 0.1) is 6.54 Å². The van der Waals surface area contributed by atoms with Gasteiger partial charge in [-0.25, -0.2) is 0 Å². The van der Waals surface area contributed by atoms with Crippen LogP contribution < -0.4 is 9.47 Å². The molecule has 3 rings (SSSR count). The largest absolute Gasteiger partial charge is 0.486 e. The van der Waals surface area contributed by atoms with E-state index in [4.69, 9.17) is 9.47 Å². The smallest absolute Gasteiger partial charge is 0.282 e. The molecule has 2 aliphatic rings. The van der Waals surface area contributed by atoms with Crippen LogP contribution in [-0.4, -0.2) is 55.9 Å². The second-order valence-electron chi connectivity index (χ2n) is 5.92. The molecule has 0 aromatic heterocycles. The van der Waals surface area contributed by atoms with Gasteiger partial charge in [-0.15, -0.1) is 0 Å². The summed E-state index contributed by atoms with van der Waals surface area (Å²) in [5.41, 5.74) is 0. The molecular formula is C16H24N2O4S. The van der Waals surface area contributed by atoms with Crippen LogP contribution in [0.1, 0.15) is 26.2 Å². The number of benzene rings is 1. The first-order valence-corrected chi connectivity index (χ1v) is 9.64. The Hall–Kier alpha value is -1.31. The monoisotopic (exact) mass is 340 g/mol. The van der Waals surface area contributed by atoms with Crippen molar-refractivity contribution >= 4 is 10.2 Å². The number of ether oxygens (including phenoxy) is 2. The molecule has 2 heterocycles. The summed E-state index contributed by atoms with van der Waals surface area (Å²) in [6.45, 7) is 4.19. The minimum Gasteiger partial charge on any atom is -0.486 e. The van der Waals surface area contributed by atoms with Crippen molar-refractivity contribution in [2.24, 2.45) is 0 Å². The number of nitrogens with zero attached hydrogens (tertiary/aromatic N) is 2. The first-order valence-electron chi connectivity index (χ1n) is 8.25. The Balaban J connectivity index is 1.68. The predicted octanol–water partition coefficient (Wildman–Crippen LogP) is 1.88. The molecule has 0 amide bonds. The molecule has 23 heavy (non-hydrogen) atoms. The van der Waals surface area contributed by atoms with Gasteiger partial charge in [0.25, 0.3) is 10.2 Å². The van der Waals surface area contributed by atoms with Gasteiger partial charge in [-0.2, -0.15) is 17.0 Å². The highest BCUT2D eigenvalue weighted by Crippen LogP contribution is 2.31. The molecule has 1 saturated heterocycles. The van der Waals surface area contributed by atoms with Crippen molar-refractivity contribution in [1.29, 1.82) is 0 Å². The number of para-hydroxylation sites is 2. The van der Waals surface area contributed by atoms with Gasteiger partial charge in [0, 0.05) is 19.6 Å². The summed E-state index contributed by atoms with van der Waals surface area (Å²) in [6.07, 6.45) is 2.69. The second-order valence-corrected chi connectivity index (χ2v) is 7.84. The van der Waals surface area contributed by atoms with Gasteiger partial charge in [-0.05, 0) is 25.0 Å². The lowest BCUT2D eigenvalue weighted by molar-refractivity contribution is 0.0757. The van der Waals surface area contributed by atoms with E-state index in [9.17, 15) is 8.42 Å². The van der Waals surface area contributed by atoms with Crippen LogP contribution in [0.2, 0.25) is 0 Å². The van der Waals surface area contributed by atoms with Gasteiger partial charge >= 0.3 is 0 Å². The summed E-state index contributed by atoms with van der Waals surface area (Å²) in [5, 5.41) is 0. The van der Waals surface area contributed by atoms with Gasteiger partial charge in [0.1, 0.15) is 12.7 Å². The second kappa shape index (κ2) is 7.07. The molecular weight excluding hydrogens is 316 g/mol. The first kappa shape index (κ1) is 16.5. The molecule has 0 N–H and O–H groups in total. The molecule has 0 aliphatic carbocycles. The third-order valence-corrected chi connectivity index (χ3v) is 6.37. The summed E-state index contributed by atoms with van der Waals surface area (Å²) in [5.74, 6) is 1.39. The number of hydrogen-bond acceptors (Lipinski definition) is 4. The molecule has 0 spiro atoms. The van der Waals surface area contributed by atoms with Crippen molar-refractivity contribution in [3.05, 3.63) is 24.3 Å². The van der Waals surface area contributed by atoms with E-state index in [1.54, 1.807) is 4.31 Å². The fourth-order valence-electron chi connectivity index (χ4n) is 3.03. The van der Waals surface area contributed by atoms with Gasteiger partial charge in [0.2, 0.25) is 0 Å². The van der Waals surface area contributed by atoms with Crippen LogP contribution in [0, 0.1) is 0 Å². The van der Waals surface area contributed by atoms with Crippen LogP contribution in [0.4, 0.5) is 0 Å². The molecule has 1 aromatic carbocycles. The number of hydrogen-bond donors (Lipinski definition) is 0. The van der Waals surface area contributed by atoms with Crippen molar-refractivity contribution < 1.29 is 17.9 Å². The minimum absolute atomic E-state index is 0.288. The van der Waals surface area contributed by atoms with Gasteiger partial charge < -0.3 is 9.47 Å². The number of likely N-dealkylation sites (N-methyl/N-ethyl adjacent to an activating group) is 1. The maximum Gasteiger partial charge on any atom is 0.282 e. The lowest BCUT2D eigenvalue weighted by Crippen LogP contribution is -2.50. The highest BCUT2D eigenvalue weighted by atomic mass is 32.2. The van der Waals surface area contributed by atoms with E-state index < -0.39 is 10.2 Å². The van der Waals surface area contributed by atoms with E-state index in [-0.39, 0.29) is 6.10 Å². The zero-order valence-electron chi connectivity index (χ0n) is 13.5. The van der Waals surface area contributed by atoms with E-state index in [2.05, 4.69) is 0 Å². The first-order chi connectivity index (χ1) is 11.1. The Kier molecular flexibility index (Phi) is 5.08. The fraction of sp³-hybridized carbons (Fsp3) is 0.625. The quantitative estimate of drug-likeness (QED) is 0.821. The Morgan fingerprint density at radius 3 is 2.57 bits per heavy atom. The van der Waals surface area contributed by atoms with Gasteiger partial charge in [-0.1, -0.05) is 25.5 Å². The van der Waals surface area contributed by atoms with Crippen molar-refractivity contribution in [3.8, 4) is 11.5 Å². The fourth-order valence-corrected chi connectivity index (χ4v) is 4.75. The Labute approximate surface area is 138 Å². The van der Waals surface area contributed by atoms with E-state index in [0.717, 1.165) is 19.3 Å². The van der Waals surface area contributed by atoms with Crippen LogP contribution in [0.3, 0.4) is 0 Å². The summed E-state index contributed by atoms with van der Waals surface area (Å²) in [4.78, 5) is 0. The highest BCUT2D eigenvalue weighted by Gasteiger charge is 2.33. The Morgan fingerprint density at radius 1 is 1.17 bits per heavy atom. The van der Waals surface area contributed by atoms with Crippen LogP contribution in [0.5, 0.6) is 11.5 Å².